The molecule has 1 aromatic rings. The van der Waals surface area contributed by atoms with Crippen molar-refractivity contribution in [3.8, 4) is 0 Å². The van der Waals surface area contributed by atoms with Gasteiger partial charge in [-0.3, -0.25) is 0 Å². The van der Waals surface area contributed by atoms with E-state index in [2.05, 4.69) is 10.2 Å². The van der Waals surface area contributed by atoms with Crippen molar-refractivity contribution in [3.05, 3.63) is 46.0 Å². The molecule has 0 aliphatic rings. The minimum Gasteiger partial charge on any atom is -0.315 e. The van der Waals surface area contributed by atoms with E-state index in [-0.39, 0.29) is 6.04 Å². The maximum absolute atomic E-state index is 10.4. The summed E-state index contributed by atoms with van der Waals surface area (Å²) in [5.74, 6) is 0. The summed E-state index contributed by atoms with van der Waals surface area (Å²) in [7, 11) is 1.74. The van der Waals surface area contributed by atoms with Crippen LogP contribution in [-0.2, 0) is 4.84 Å². The molecular weight excluding hydrogens is 196 g/mol. The second kappa shape index (κ2) is 5.31. The first kappa shape index (κ1) is 11.5. The Balaban J connectivity index is 2.86. The number of nitrogens with zero attached hydrogens (tertiary/aromatic N) is 1. The molecule has 0 aromatic heterocycles. The molecule has 0 saturated heterocycles. The summed E-state index contributed by atoms with van der Waals surface area (Å²) in [4.78, 5) is 15.0. The summed E-state index contributed by atoms with van der Waals surface area (Å²) in [6.07, 6.45) is -0.578. The largest absolute Gasteiger partial charge is 0.315 e. The van der Waals surface area contributed by atoms with Gasteiger partial charge in [0, 0.05) is 6.04 Å². The van der Waals surface area contributed by atoms with Crippen LogP contribution >= 0.6 is 0 Å². The number of hydrogen-bond donors (Lipinski definition) is 1. The summed E-state index contributed by atoms with van der Waals surface area (Å²) >= 11 is 0. The first-order valence-electron chi connectivity index (χ1n) is 4.68. The molecule has 0 saturated carbocycles. The third-order valence-corrected chi connectivity index (χ3v) is 2.24. The van der Waals surface area contributed by atoms with E-state index in [4.69, 9.17) is 0 Å². The smallest absolute Gasteiger partial charge is 0.295 e. The minimum atomic E-state index is -0.758. The van der Waals surface area contributed by atoms with E-state index in [1.807, 2.05) is 37.3 Å². The summed E-state index contributed by atoms with van der Waals surface area (Å²) in [6.45, 7) is 1.83. The van der Waals surface area contributed by atoms with E-state index < -0.39 is 11.2 Å². The lowest BCUT2D eigenvalue weighted by molar-refractivity contribution is -0.771. The van der Waals surface area contributed by atoms with Crippen molar-refractivity contribution in [3.63, 3.8) is 0 Å². The summed E-state index contributed by atoms with van der Waals surface area (Å²) < 4.78 is 0. The van der Waals surface area contributed by atoms with Gasteiger partial charge in [-0.15, -0.1) is 10.1 Å². The fraction of sp³-hybridized carbons (Fsp3) is 0.400. The summed E-state index contributed by atoms with van der Waals surface area (Å²) in [5, 5.41) is 12.5. The highest BCUT2D eigenvalue weighted by Crippen LogP contribution is 2.20. The summed E-state index contributed by atoms with van der Waals surface area (Å²) in [5.41, 5.74) is 0.788. The molecule has 2 unspecified atom stereocenters. The number of hydrogen-bond acceptors (Lipinski definition) is 4. The van der Waals surface area contributed by atoms with Gasteiger partial charge in [0.05, 0.1) is 0 Å². The van der Waals surface area contributed by atoms with Gasteiger partial charge in [0.2, 0.25) is 0 Å². The maximum Gasteiger partial charge on any atom is 0.295 e. The number of nitrogens with one attached hydrogen (secondary N) is 1. The predicted molar refractivity (Wildman–Crippen MR) is 55.8 cm³/mol. The van der Waals surface area contributed by atoms with Crippen LogP contribution in [0.15, 0.2) is 30.3 Å². The van der Waals surface area contributed by atoms with E-state index in [9.17, 15) is 10.1 Å². The Kier molecular flexibility index (Phi) is 4.05. The molecule has 0 aliphatic heterocycles. The molecule has 5 nitrogen and oxygen atoms in total. The van der Waals surface area contributed by atoms with Gasteiger partial charge >= 0.3 is 0 Å². The van der Waals surface area contributed by atoms with Gasteiger partial charge in [0.25, 0.3) is 5.09 Å². The van der Waals surface area contributed by atoms with Crippen LogP contribution in [0.4, 0.5) is 0 Å². The zero-order valence-corrected chi connectivity index (χ0v) is 8.71. The Morgan fingerprint density at radius 1 is 1.40 bits per heavy atom. The number of likely N-dealkylation sites (N-methyl/N-ethyl adjacent to an activating group) is 1. The van der Waals surface area contributed by atoms with Crippen LogP contribution < -0.4 is 5.32 Å². The molecule has 0 amide bonds. The Labute approximate surface area is 88.2 Å². The first-order valence-corrected chi connectivity index (χ1v) is 4.68. The lowest BCUT2D eigenvalue weighted by atomic mass is 10.0. The van der Waals surface area contributed by atoms with E-state index in [1.165, 1.54) is 0 Å². The summed E-state index contributed by atoms with van der Waals surface area (Å²) in [6, 6.07) is 9.00. The molecule has 2 atom stereocenters. The lowest BCUT2D eigenvalue weighted by Gasteiger charge is -2.21. The van der Waals surface area contributed by atoms with Crippen LogP contribution in [0.3, 0.4) is 0 Å². The second-order valence-electron chi connectivity index (χ2n) is 3.24. The van der Waals surface area contributed by atoms with Crippen molar-refractivity contribution in [2.45, 2.75) is 19.1 Å². The molecule has 0 radical (unpaired) electrons. The monoisotopic (exact) mass is 210 g/mol. The molecular formula is C10H14N2O3. The Morgan fingerprint density at radius 3 is 2.47 bits per heavy atom. The van der Waals surface area contributed by atoms with Gasteiger partial charge in [-0.1, -0.05) is 30.3 Å². The molecule has 0 aliphatic carbocycles. The van der Waals surface area contributed by atoms with Gasteiger partial charge < -0.3 is 10.2 Å². The first-order chi connectivity index (χ1) is 7.15. The molecule has 1 rings (SSSR count). The standard InChI is InChI=1S/C10H14N2O3/c1-8(11-2)10(15-12(13)14)9-6-4-3-5-7-9/h3-8,10-11H,1-2H3. The number of rotatable bonds is 5. The molecule has 5 heteroatoms. The number of benzene rings is 1. The zero-order chi connectivity index (χ0) is 11.3. The molecule has 0 bridgehead atoms. The molecule has 15 heavy (non-hydrogen) atoms. The molecule has 0 heterocycles. The fourth-order valence-corrected chi connectivity index (χ4v) is 1.33. The lowest BCUT2D eigenvalue weighted by Crippen LogP contribution is -2.31. The third-order valence-electron chi connectivity index (χ3n) is 2.24. The van der Waals surface area contributed by atoms with Crippen molar-refractivity contribution in [2.24, 2.45) is 0 Å². The minimum absolute atomic E-state index is 0.127. The second-order valence-corrected chi connectivity index (χ2v) is 3.24. The average Bonchev–Trinajstić information content (AvgIpc) is 2.26. The van der Waals surface area contributed by atoms with E-state index in [1.54, 1.807) is 7.05 Å². The van der Waals surface area contributed by atoms with Crippen LogP contribution in [0, 0.1) is 10.1 Å². The van der Waals surface area contributed by atoms with Crippen LogP contribution in [0.1, 0.15) is 18.6 Å². The molecule has 1 N–H and O–H groups in total. The average molecular weight is 210 g/mol. The van der Waals surface area contributed by atoms with Crippen molar-refractivity contribution in [1.82, 2.24) is 5.32 Å². The third kappa shape index (κ3) is 3.21. The van der Waals surface area contributed by atoms with Gasteiger partial charge in [-0.05, 0) is 19.5 Å². The van der Waals surface area contributed by atoms with E-state index in [0.29, 0.717) is 0 Å². The highest BCUT2D eigenvalue weighted by atomic mass is 17.0. The Hall–Kier alpha value is -1.62. The maximum atomic E-state index is 10.4. The topological polar surface area (TPSA) is 64.4 Å². The van der Waals surface area contributed by atoms with Crippen molar-refractivity contribution in [2.75, 3.05) is 7.05 Å². The van der Waals surface area contributed by atoms with Crippen LogP contribution in [0.5, 0.6) is 0 Å². The fourth-order valence-electron chi connectivity index (χ4n) is 1.33. The van der Waals surface area contributed by atoms with E-state index >= 15 is 0 Å². The van der Waals surface area contributed by atoms with Gasteiger partial charge in [0.1, 0.15) is 6.10 Å². The Morgan fingerprint density at radius 2 is 2.00 bits per heavy atom. The van der Waals surface area contributed by atoms with Crippen molar-refractivity contribution < 1.29 is 9.92 Å². The van der Waals surface area contributed by atoms with Crippen LogP contribution in [-0.4, -0.2) is 18.2 Å². The van der Waals surface area contributed by atoms with Gasteiger partial charge in [0.15, 0.2) is 0 Å². The molecule has 82 valence electrons. The SMILES string of the molecule is CNC(C)C(O[N+](=O)[O-])c1ccccc1. The van der Waals surface area contributed by atoms with Crippen molar-refractivity contribution >= 4 is 0 Å². The van der Waals surface area contributed by atoms with Gasteiger partial charge in [-0.25, -0.2) is 0 Å². The zero-order valence-electron chi connectivity index (χ0n) is 8.71. The predicted octanol–water partition coefficient (Wildman–Crippen LogP) is 1.54. The normalized spacial score (nSPS) is 14.3. The van der Waals surface area contributed by atoms with Crippen LogP contribution in [0.2, 0.25) is 0 Å². The van der Waals surface area contributed by atoms with Crippen LogP contribution in [0.25, 0.3) is 0 Å². The highest BCUT2D eigenvalue weighted by Gasteiger charge is 2.21. The molecule has 0 fully saturated rings. The van der Waals surface area contributed by atoms with Gasteiger partial charge in [-0.2, -0.15) is 0 Å². The Bertz CT molecular complexity index is 316. The van der Waals surface area contributed by atoms with Crippen molar-refractivity contribution in [1.29, 1.82) is 0 Å². The molecule has 0 spiro atoms. The molecule has 1 aromatic carbocycles. The van der Waals surface area contributed by atoms with E-state index in [0.717, 1.165) is 5.56 Å². The quantitative estimate of drug-likeness (QED) is 0.591. The highest BCUT2D eigenvalue weighted by molar-refractivity contribution is 5.18.